The molecule has 3 rings (SSSR count). The fraction of sp³-hybridized carbons (Fsp3) is 0.400. The molecule has 1 aliphatic heterocycles. The number of hydrogen-bond donors (Lipinski definition) is 1. The predicted molar refractivity (Wildman–Crippen MR) is 96.1 cm³/mol. The molecule has 0 aliphatic carbocycles. The molecular formula is C20H26N2O2. The third-order valence-electron chi connectivity index (χ3n) is 4.65. The van der Waals surface area contributed by atoms with Crippen LogP contribution in [0.4, 0.5) is 0 Å². The SMILES string of the molecule is COc1ccc(C(O)CN2CCN(Cc3ccccc3)CC2)cc1. The highest BCUT2D eigenvalue weighted by molar-refractivity contribution is 5.28. The zero-order valence-corrected chi connectivity index (χ0v) is 14.3. The molecule has 4 heteroatoms. The highest BCUT2D eigenvalue weighted by Crippen LogP contribution is 2.19. The molecule has 0 amide bonds. The number of β-amino-alcohol motifs (C(OH)–C–C–N with tert-alkyl or cyclic N) is 1. The van der Waals surface area contributed by atoms with Gasteiger partial charge < -0.3 is 9.84 Å². The molecule has 2 aromatic rings. The highest BCUT2D eigenvalue weighted by atomic mass is 16.5. The Bertz CT molecular complexity index is 607. The second-order valence-electron chi connectivity index (χ2n) is 6.35. The van der Waals surface area contributed by atoms with Gasteiger partial charge in [0.05, 0.1) is 13.2 Å². The number of methoxy groups -OCH3 is 1. The van der Waals surface area contributed by atoms with Crippen LogP contribution >= 0.6 is 0 Å². The minimum absolute atomic E-state index is 0.448. The Labute approximate surface area is 144 Å². The molecular weight excluding hydrogens is 300 g/mol. The van der Waals surface area contributed by atoms with Crippen molar-refractivity contribution >= 4 is 0 Å². The normalized spacial score (nSPS) is 17.6. The van der Waals surface area contributed by atoms with Crippen LogP contribution in [0.2, 0.25) is 0 Å². The molecule has 1 aliphatic rings. The summed E-state index contributed by atoms with van der Waals surface area (Å²) in [5, 5.41) is 10.4. The predicted octanol–water partition coefficient (Wildman–Crippen LogP) is 2.55. The van der Waals surface area contributed by atoms with Crippen LogP contribution in [-0.4, -0.2) is 54.7 Å². The summed E-state index contributed by atoms with van der Waals surface area (Å²) in [6, 6.07) is 18.3. The van der Waals surface area contributed by atoms with Gasteiger partial charge in [-0.1, -0.05) is 42.5 Å². The standard InChI is InChI=1S/C20H26N2O2/c1-24-19-9-7-18(8-10-19)20(23)16-22-13-11-21(12-14-22)15-17-5-3-2-4-6-17/h2-10,20,23H,11-16H2,1H3. The van der Waals surface area contributed by atoms with Crippen molar-refractivity contribution in [3.63, 3.8) is 0 Å². The molecule has 4 nitrogen and oxygen atoms in total. The second-order valence-corrected chi connectivity index (χ2v) is 6.35. The van der Waals surface area contributed by atoms with Gasteiger partial charge in [-0.15, -0.1) is 0 Å². The van der Waals surface area contributed by atoms with Crippen LogP contribution in [0.5, 0.6) is 5.75 Å². The van der Waals surface area contributed by atoms with E-state index in [4.69, 9.17) is 4.74 Å². The van der Waals surface area contributed by atoms with Crippen molar-refractivity contribution in [2.75, 3.05) is 39.8 Å². The summed E-state index contributed by atoms with van der Waals surface area (Å²) >= 11 is 0. The summed E-state index contributed by atoms with van der Waals surface area (Å²) < 4.78 is 5.16. The van der Waals surface area contributed by atoms with Gasteiger partial charge in [0.25, 0.3) is 0 Å². The van der Waals surface area contributed by atoms with Crippen molar-refractivity contribution in [3.05, 3.63) is 65.7 Å². The van der Waals surface area contributed by atoms with Gasteiger partial charge in [-0.3, -0.25) is 9.80 Å². The molecule has 1 N–H and O–H groups in total. The van der Waals surface area contributed by atoms with Gasteiger partial charge in [-0.05, 0) is 23.3 Å². The first-order chi connectivity index (χ1) is 11.7. The van der Waals surface area contributed by atoms with Crippen molar-refractivity contribution < 1.29 is 9.84 Å². The second kappa shape index (κ2) is 8.29. The molecule has 0 bridgehead atoms. The van der Waals surface area contributed by atoms with E-state index in [1.54, 1.807) is 7.11 Å². The van der Waals surface area contributed by atoms with E-state index in [0.717, 1.165) is 44.0 Å². The van der Waals surface area contributed by atoms with E-state index < -0.39 is 6.10 Å². The topological polar surface area (TPSA) is 35.9 Å². The number of nitrogens with zero attached hydrogens (tertiary/aromatic N) is 2. The minimum Gasteiger partial charge on any atom is -0.497 e. The van der Waals surface area contributed by atoms with Gasteiger partial charge in [0.1, 0.15) is 5.75 Å². The maximum atomic E-state index is 10.4. The molecule has 1 heterocycles. The molecule has 0 spiro atoms. The number of aliphatic hydroxyl groups is 1. The van der Waals surface area contributed by atoms with Crippen molar-refractivity contribution in [3.8, 4) is 5.75 Å². The minimum atomic E-state index is -0.448. The van der Waals surface area contributed by atoms with E-state index >= 15 is 0 Å². The number of aliphatic hydroxyl groups excluding tert-OH is 1. The van der Waals surface area contributed by atoms with Crippen molar-refractivity contribution in [2.24, 2.45) is 0 Å². The number of piperazine rings is 1. The molecule has 128 valence electrons. The molecule has 1 atom stereocenters. The monoisotopic (exact) mass is 326 g/mol. The van der Waals surface area contributed by atoms with Gasteiger partial charge in [0.2, 0.25) is 0 Å². The molecule has 1 saturated heterocycles. The molecule has 1 unspecified atom stereocenters. The number of hydrogen-bond acceptors (Lipinski definition) is 4. The fourth-order valence-corrected chi connectivity index (χ4v) is 3.15. The first kappa shape index (κ1) is 17.0. The lowest BCUT2D eigenvalue weighted by atomic mass is 10.1. The summed E-state index contributed by atoms with van der Waals surface area (Å²) in [5.74, 6) is 0.820. The number of ether oxygens (including phenoxy) is 1. The maximum Gasteiger partial charge on any atom is 0.118 e. The van der Waals surface area contributed by atoms with Gasteiger partial charge in [-0.2, -0.15) is 0 Å². The van der Waals surface area contributed by atoms with Gasteiger partial charge in [-0.25, -0.2) is 0 Å². The average molecular weight is 326 g/mol. The van der Waals surface area contributed by atoms with Crippen LogP contribution < -0.4 is 4.74 Å². The molecule has 0 aromatic heterocycles. The summed E-state index contributed by atoms with van der Waals surface area (Å²) in [6.07, 6.45) is -0.448. The lowest BCUT2D eigenvalue weighted by molar-refractivity contribution is 0.0701. The smallest absolute Gasteiger partial charge is 0.118 e. The summed E-state index contributed by atoms with van der Waals surface area (Å²) in [4.78, 5) is 4.82. The highest BCUT2D eigenvalue weighted by Gasteiger charge is 2.20. The zero-order valence-electron chi connectivity index (χ0n) is 14.3. The van der Waals surface area contributed by atoms with Crippen molar-refractivity contribution in [2.45, 2.75) is 12.6 Å². The molecule has 0 saturated carbocycles. The first-order valence-electron chi connectivity index (χ1n) is 8.55. The van der Waals surface area contributed by atoms with E-state index in [1.807, 2.05) is 24.3 Å². The zero-order chi connectivity index (χ0) is 16.8. The van der Waals surface area contributed by atoms with E-state index in [2.05, 4.69) is 40.1 Å². The lowest BCUT2D eigenvalue weighted by Crippen LogP contribution is -2.47. The molecule has 2 aromatic carbocycles. The van der Waals surface area contributed by atoms with Crippen LogP contribution in [0.3, 0.4) is 0 Å². The van der Waals surface area contributed by atoms with Crippen LogP contribution in [-0.2, 0) is 6.54 Å². The number of rotatable bonds is 6. The van der Waals surface area contributed by atoms with E-state index in [0.29, 0.717) is 6.54 Å². The van der Waals surface area contributed by atoms with Crippen molar-refractivity contribution in [1.82, 2.24) is 9.80 Å². The third-order valence-corrected chi connectivity index (χ3v) is 4.65. The van der Waals surface area contributed by atoms with Crippen molar-refractivity contribution in [1.29, 1.82) is 0 Å². The fourth-order valence-electron chi connectivity index (χ4n) is 3.15. The molecule has 24 heavy (non-hydrogen) atoms. The van der Waals surface area contributed by atoms with E-state index in [1.165, 1.54) is 5.56 Å². The van der Waals surface area contributed by atoms with Gasteiger partial charge >= 0.3 is 0 Å². The Balaban J connectivity index is 1.46. The summed E-state index contributed by atoms with van der Waals surface area (Å²) in [7, 11) is 1.65. The Morgan fingerprint density at radius 3 is 2.17 bits per heavy atom. The van der Waals surface area contributed by atoms with Crippen LogP contribution in [0.25, 0.3) is 0 Å². The molecule has 1 fully saturated rings. The summed E-state index contributed by atoms with van der Waals surface area (Å²) in [5.41, 5.74) is 2.31. The van der Waals surface area contributed by atoms with E-state index in [-0.39, 0.29) is 0 Å². The average Bonchev–Trinajstić information content (AvgIpc) is 2.64. The Hall–Kier alpha value is -1.88. The quantitative estimate of drug-likeness (QED) is 0.885. The van der Waals surface area contributed by atoms with Crippen LogP contribution in [0, 0.1) is 0 Å². The largest absolute Gasteiger partial charge is 0.497 e. The maximum absolute atomic E-state index is 10.4. The van der Waals surface area contributed by atoms with Crippen LogP contribution in [0.1, 0.15) is 17.2 Å². The Kier molecular flexibility index (Phi) is 5.86. The Morgan fingerprint density at radius 1 is 0.917 bits per heavy atom. The van der Waals surface area contributed by atoms with Crippen LogP contribution in [0.15, 0.2) is 54.6 Å². The summed E-state index contributed by atoms with van der Waals surface area (Å²) in [6.45, 7) is 5.79. The van der Waals surface area contributed by atoms with E-state index in [9.17, 15) is 5.11 Å². The van der Waals surface area contributed by atoms with Gasteiger partial charge in [0, 0.05) is 39.3 Å². The Morgan fingerprint density at radius 2 is 1.54 bits per heavy atom. The molecule has 0 radical (unpaired) electrons. The van der Waals surface area contributed by atoms with Gasteiger partial charge in [0.15, 0.2) is 0 Å². The third kappa shape index (κ3) is 4.57. The first-order valence-corrected chi connectivity index (χ1v) is 8.55. The lowest BCUT2D eigenvalue weighted by Gasteiger charge is -2.35. The number of benzene rings is 2.